The highest BCUT2D eigenvalue weighted by Crippen LogP contribution is 2.06. The van der Waals surface area contributed by atoms with Crippen LogP contribution >= 0.6 is 0 Å². The lowest BCUT2D eigenvalue weighted by atomic mass is 10.1. The average Bonchev–Trinajstić information content (AvgIpc) is 2.45. The molecule has 0 aliphatic carbocycles. The standard InChI is InChI=1S/C16H20N2O/c1-2-3-4-8-11-18-16(19)15(13-17)12-14-9-6-5-7-10-14/h5-7,9-10,12H,2-4,8,11H2,1H3,(H,18,19)/b15-12+. The second-order valence-electron chi connectivity index (χ2n) is 4.40. The molecule has 1 aromatic rings. The lowest BCUT2D eigenvalue weighted by Crippen LogP contribution is -2.25. The molecule has 0 saturated carbocycles. The molecule has 100 valence electrons. The van der Waals surface area contributed by atoms with Gasteiger partial charge >= 0.3 is 0 Å². The van der Waals surface area contributed by atoms with Gasteiger partial charge in [0.25, 0.3) is 5.91 Å². The Labute approximate surface area is 114 Å². The minimum absolute atomic E-state index is 0.154. The Morgan fingerprint density at radius 1 is 1.26 bits per heavy atom. The summed E-state index contributed by atoms with van der Waals surface area (Å²) >= 11 is 0. The number of rotatable bonds is 7. The van der Waals surface area contributed by atoms with E-state index in [-0.39, 0.29) is 11.5 Å². The van der Waals surface area contributed by atoms with Crippen LogP contribution in [0.2, 0.25) is 0 Å². The van der Waals surface area contributed by atoms with Crippen molar-refractivity contribution in [2.45, 2.75) is 32.6 Å². The molecule has 1 amide bonds. The van der Waals surface area contributed by atoms with E-state index in [1.54, 1.807) is 6.08 Å². The van der Waals surface area contributed by atoms with Crippen LogP contribution in [-0.2, 0) is 4.79 Å². The van der Waals surface area contributed by atoms with Crippen molar-refractivity contribution in [2.24, 2.45) is 0 Å². The number of hydrogen-bond donors (Lipinski definition) is 1. The van der Waals surface area contributed by atoms with Crippen LogP contribution in [0.25, 0.3) is 6.08 Å². The van der Waals surface area contributed by atoms with Gasteiger partial charge in [-0.25, -0.2) is 0 Å². The zero-order chi connectivity index (χ0) is 13.9. The minimum atomic E-state index is -0.289. The van der Waals surface area contributed by atoms with E-state index >= 15 is 0 Å². The fourth-order valence-electron chi connectivity index (χ4n) is 1.71. The molecule has 19 heavy (non-hydrogen) atoms. The van der Waals surface area contributed by atoms with Crippen LogP contribution < -0.4 is 5.32 Å². The first-order valence-corrected chi connectivity index (χ1v) is 6.73. The van der Waals surface area contributed by atoms with Crippen LogP contribution in [0.4, 0.5) is 0 Å². The first-order valence-electron chi connectivity index (χ1n) is 6.73. The fraction of sp³-hybridized carbons (Fsp3) is 0.375. The zero-order valence-electron chi connectivity index (χ0n) is 11.4. The Balaban J connectivity index is 2.49. The number of benzene rings is 1. The van der Waals surface area contributed by atoms with Gasteiger partial charge in [-0.05, 0) is 18.1 Å². The molecular formula is C16H20N2O. The van der Waals surface area contributed by atoms with Gasteiger partial charge in [-0.15, -0.1) is 0 Å². The largest absolute Gasteiger partial charge is 0.351 e. The molecule has 0 bridgehead atoms. The number of nitrogens with one attached hydrogen (secondary N) is 1. The first kappa shape index (κ1) is 15.0. The van der Waals surface area contributed by atoms with E-state index in [0.717, 1.165) is 18.4 Å². The van der Waals surface area contributed by atoms with Crippen molar-refractivity contribution in [3.63, 3.8) is 0 Å². The second kappa shape index (κ2) is 8.93. The number of carbonyl (C=O) groups excluding carboxylic acids is 1. The van der Waals surface area contributed by atoms with Crippen LogP contribution in [0.1, 0.15) is 38.2 Å². The Bertz CT molecular complexity index is 457. The van der Waals surface area contributed by atoms with Crippen LogP contribution in [0, 0.1) is 11.3 Å². The Hall–Kier alpha value is -2.08. The van der Waals surface area contributed by atoms with Crippen LogP contribution in [-0.4, -0.2) is 12.5 Å². The summed E-state index contributed by atoms with van der Waals surface area (Å²) < 4.78 is 0. The third-order valence-corrected chi connectivity index (χ3v) is 2.79. The van der Waals surface area contributed by atoms with Gasteiger partial charge < -0.3 is 5.32 Å². The molecular weight excluding hydrogens is 236 g/mol. The molecule has 1 N–H and O–H groups in total. The number of unbranched alkanes of at least 4 members (excludes halogenated alkanes) is 3. The maximum atomic E-state index is 11.8. The topological polar surface area (TPSA) is 52.9 Å². The van der Waals surface area contributed by atoms with Crippen molar-refractivity contribution < 1.29 is 4.79 Å². The quantitative estimate of drug-likeness (QED) is 0.462. The monoisotopic (exact) mass is 256 g/mol. The molecule has 3 heteroatoms. The maximum absolute atomic E-state index is 11.8. The normalized spacial score (nSPS) is 10.8. The van der Waals surface area contributed by atoms with Gasteiger partial charge in [0.1, 0.15) is 11.6 Å². The van der Waals surface area contributed by atoms with Gasteiger partial charge in [-0.3, -0.25) is 4.79 Å². The first-order chi connectivity index (χ1) is 9.27. The summed E-state index contributed by atoms with van der Waals surface area (Å²) in [4.78, 5) is 11.8. The van der Waals surface area contributed by atoms with Crippen LogP contribution in [0.5, 0.6) is 0 Å². The van der Waals surface area contributed by atoms with Gasteiger partial charge in [-0.2, -0.15) is 5.26 Å². The summed E-state index contributed by atoms with van der Waals surface area (Å²) in [6.45, 7) is 2.78. The summed E-state index contributed by atoms with van der Waals surface area (Å²) in [6.07, 6.45) is 6.04. The van der Waals surface area contributed by atoms with E-state index in [4.69, 9.17) is 5.26 Å². The highest BCUT2D eigenvalue weighted by Gasteiger charge is 2.07. The highest BCUT2D eigenvalue weighted by molar-refractivity contribution is 6.01. The number of amides is 1. The van der Waals surface area contributed by atoms with Crippen molar-refractivity contribution in [3.8, 4) is 6.07 Å². The Morgan fingerprint density at radius 3 is 2.63 bits per heavy atom. The molecule has 3 nitrogen and oxygen atoms in total. The molecule has 0 spiro atoms. The molecule has 1 rings (SSSR count). The van der Waals surface area contributed by atoms with Crippen molar-refractivity contribution in [3.05, 3.63) is 41.5 Å². The number of carbonyl (C=O) groups is 1. The molecule has 0 fully saturated rings. The van der Waals surface area contributed by atoms with Gasteiger partial charge in [-0.1, -0.05) is 56.5 Å². The van der Waals surface area contributed by atoms with E-state index in [2.05, 4.69) is 12.2 Å². The van der Waals surface area contributed by atoms with Gasteiger partial charge in [0.05, 0.1) is 0 Å². The minimum Gasteiger partial charge on any atom is -0.351 e. The lowest BCUT2D eigenvalue weighted by Gasteiger charge is -2.03. The molecule has 0 atom stereocenters. The maximum Gasteiger partial charge on any atom is 0.261 e. The third kappa shape index (κ3) is 5.87. The molecule has 0 saturated heterocycles. The van der Waals surface area contributed by atoms with E-state index in [9.17, 15) is 4.79 Å². The third-order valence-electron chi connectivity index (χ3n) is 2.79. The van der Waals surface area contributed by atoms with E-state index in [1.165, 1.54) is 12.8 Å². The molecule has 0 heterocycles. The summed E-state index contributed by atoms with van der Waals surface area (Å²) in [5, 5.41) is 11.8. The Morgan fingerprint density at radius 2 is 2.00 bits per heavy atom. The summed E-state index contributed by atoms with van der Waals surface area (Å²) in [6, 6.07) is 11.3. The predicted molar refractivity (Wildman–Crippen MR) is 77.2 cm³/mol. The highest BCUT2D eigenvalue weighted by atomic mass is 16.1. The Kier molecular flexibility index (Phi) is 7.04. The number of nitriles is 1. The average molecular weight is 256 g/mol. The van der Waals surface area contributed by atoms with Crippen LogP contribution in [0.3, 0.4) is 0 Å². The summed E-state index contributed by atoms with van der Waals surface area (Å²) in [7, 11) is 0. The van der Waals surface area contributed by atoms with E-state index in [1.807, 2.05) is 36.4 Å². The molecule has 0 aliphatic rings. The molecule has 0 radical (unpaired) electrons. The summed E-state index contributed by atoms with van der Waals surface area (Å²) in [5.74, 6) is -0.289. The van der Waals surface area contributed by atoms with Crippen molar-refractivity contribution in [2.75, 3.05) is 6.54 Å². The summed E-state index contributed by atoms with van der Waals surface area (Å²) in [5.41, 5.74) is 1.02. The van der Waals surface area contributed by atoms with Crippen LogP contribution in [0.15, 0.2) is 35.9 Å². The number of hydrogen-bond acceptors (Lipinski definition) is 2. The van der Waals surface area contributed by atoms with E-state index < -0.39 is 0 Å². The SMILES string of the molecule is CCCCCCNC(=O)/C(C#N)=C/c1ccccc1. The van der Waals surface area contributed by atoms with Crippen molar-refractivity contribution in [1.29, 1.82) is 5.26 Å². The molecule has 0 unspecified atom stereocenters. The van der Waals surface area contributed by atoms with Gasteiger partial charge in [0.15, 0.2) is 0 Å². The van der Waals surface area contributed by atoms with Crippen molar-refractivity contribution >= 4 is 12.0 Å². The predicted octanol–water partition coefficient (Wildman–Crippen LogP) is 3.29. The fourth-order valence-corrected chi connectivity index (χ4v) is 1.71. The smallest absolute Gasteiger partial charge is 0.261 e. The van der Waals surface area contributed by atoms with Crippen molar-refractivity contribution in [1.82, 2.24) is 5.32 Å². The molecule has 0 aromatic heterocycles. The van der Waals surface area contributed by atoms with Gasteiger partial charge in [0, 0.05) is 6.54 Å². The molecule has 0 aliphatic heterocycles. The molecule has 1 aromatic carbocycles. The van der Waals surface area contributed by atoms with Gasteiger partial charge in [0.2, 0.25) is 0 Å². The lowest BCUT2D eigenvalue weighted by molar-refractivity contribution is -0.117. The number of nitrogens with zero attached hydrogens (tertiary/aromatic N) is 1. The zero-order valence-corrected chi connectivity index (χ0v) is 11.4. The second-order valence-corrected chi connectivity index (χ2v) is 4.40. The van der Waals surface area contributed by atoms with E-state index in [0.29, 0.717) is 6.54 Å².